The van der Waals surface area contributed by atoms with Gasteiger partial charge in [-0.1, -0.05) is 42.1 Å². The molecule has 27 heavy (non-hydrogen) atoms. The van der Waals surface area contributed by atoms with Crippen LogP contribution >= 0.6 is 11.8 Å². The van der Waals surface area contributed by atoms with Crippen LogP contribution in [0.4, 0.5) is 11.4 Å². The zero-order valence-corrected chi connectivity index (χ0v) is 16.0. The highest BCUT2D eigenvalue weighted by atomic mass is 32.2. The normalized spacial score (nSPS) is 13.1. The molecule has 0 radical (unpaired) electrons. The predicted octanol–water partition coefficient (Wildman–Crippen LogP) is 3.91. The Bertz CT molecular complexity index is 807. The van der Waals surface area contributed by atoms with E-state index >= 15 is 0 Å². The zero-order valence-electron chi connectivity index (χ0n) is 15.2. The van der Waals surface area contributed by atoms with Crippen LogP contribution in [0.25, 0.3) is 0 Å². The number of carbonyl (C=O) groups is 2. The second-order valence-corrected chi connectivity index (χ2v) is 7.19. The van der Waals surface area contributed by atoms with Crippen molar-refractivity contribution in [2.75, 3.05) is 18.0 Å². The van der Waals surface area contributed by atoms with E-state index in [1.165, 1.54) is 0 Å². The van der Waals surface area contributed by atoms with Crippen molar-refractivity contribution in [3.05, 3.63) is 61.2 Å². The summed E-state index contributed by atoms with van der Waals surface area (Å²) in [5, 5.41) is 2.62. The maximum atomic E-state index is 12.2. The number of nitrogens with one attached hydrogen (secondary N) is 1. The van der Waals surface area contributed by atoms with Gasteiger partial charge in [0, 0.05) is 22.9 Å². The molecule has 0 spiro atoms. The summed E-state index contributed by atoms with van der Waals surface area (Å²) in [7, 11) is 0. The number of hydrogen-bond donors (Lipinski definition) is 1. The summed E-state index contributed by atoms with van der Waals surface area (Å²) in [6, 6.07) is 16.3. The lowest BCUT2D eigenvalue weighted by atomic mass is 10.2. The van der Waals surface area contributed by atoms with Gasteiger partial charge >= 0.3 is 5.97 Å². The summed E-state index contributed by atoms with van der Waals surface area (Å²) in [6.07, 6.45) is 0.941. The van der Waals surface area contributed by atoms with E-state index in [0.717, 1.165) is 21.2 Å². The number of hydrogen-bond acceptors (Lipinski definition) is 5. The van der Waals surface area contributed by atoms with Crippen LogP contribution in [-0.4, -0.2) is 31.1 Å². The summed E-state index contributed by atoms with van der Waals surface area (Å²) in [4.78, 5) is 28.5. The molecule has 1 atom stereocenters. The van der Waals surface area contributed by atoms with Crippen molar-refractivity contribution in [3.63, 3.8) is 0 Å². The average Bonchev–Trinajstić information content (AvgIpc) is 2.69. The van der Waals surface area contributed by atoms with Gasteiger partial charge < -0.3 is 15.0 Å². The molecular formula is C21H22N2O3S. The largest absolute Gasteiger partial charge is 0.452 e. The third-order valence-electron chi connectivity index (χ3n) is 4.17. The molecule has 0 aromatic heterocycles. The van der Waals surface area contributed by atoms with Crippen LogP contribution in [-0.2, 0) is 14.3 Å². The first-order chi connectivity index (χ1) is 13.1. The summed E-state index contributed by atoms with van der Waals surface area (Å²) in [5.74, 6) is -0.724. The minimum atomic E-state index is -0.825. The number of esters is 1. The van der Waals surface area contributed by atoms with Crippen molar-refractivity contribution in [1.29, 1.82) is 0 Å². The number of amides is 1. The number of fused-ring (bicyclic) bond motifs is 2. The Labute approximate surface area is 163 Å². The molecule has 0 bridgehead atoms. The first-order valence-corrected chi connectivity index (χ1v) is 9.63. The fraction of sp³-hybridized carbons (Fsp3) is 0.238. The molecule has 140 valence electrons. The molecule has 0 fully saturated rings. The Kier molecular flexibility index (Phi) is 6.19. The molecule has 1 heterocycles. The second kappa shape index (κ2) is 8.77. The zero-order chi connectivity index (χ0) is 19.2. The first kappa shape index (κ1) is 19.0. The molecule has 1 aliphatic rings. The van der Waals surface area contributed by atoms with Gasteiger partial charge in [0.15, 0.2) is 6.10 Å². The van der Waals surface area contributed by atoms with Crippen molar-refractivity contribution >= 4 is 35.0 Å². The van der Waals surface area contributed by atoms with E-state index in [-0.39, 0.29) is 12.3 Å². The molecule has 1 amide bonds. The molecule has 1 aliphatic heterocycles. The van der Waals surface area contributed by atoms with Crippen LogP contribution in [0.15, 0.2) is 71.0 Å². The third-order valence-corrected chi connectivity index (χ3v) is 5.30. The molecule has 0 saturated carbocycles. The van der Waals surface area contributed by atoms with E-state index in [0.29, 0.717) is 13.1 Å². The smallest absolute Gasteiger partial charge is 0.308 e. The van der Waals surface area contributed by atoms with Gasteiger partial charge in [-0.15, -0.1) is 6.58 Å². The lowest BCUT2D eigenvalue weighted by molar-refractivity contribution is -0.154. The lowest BCUT2D eigenvalue weighted by Crippen LogP contribution is -2.36. The number of anilines is 2. The van der Waals surface area contributed by atoms with Gasteiger partial charge in [-0.25, -0.2) is 0 Å². The molecule has 5 nitrogen and oxygen atoms in total. The van der Waals surface area contributed by atoms with E-state index < -0.39 is 12.1 Å². The first-order valence-electron chi connectivity index (χ1n) is 8.81. The number of ether oxygens (including phenoxy) is 1. The Balaban J connectivity index is 1.66. The molecule has 0 aliphatic carbocycles. The fourth-order valence-corrected chi connectivity index (χ4v) is 3.95. The fourth-order valence-electron chi connectivity index (χ4n) is 2.85. The molecule has 6 heteroatoms. The topological polar surface area (TPSA) is 58.6 Å². The van der Waals surface area contributed by atoms with Gasteiger partial charge in [0.1, 0.15) is 0 Å². The highest BCUT2D eigenvalue weighted by molar-refractivity contribution is 7.99. The van der Waals surface area contributed by atoms with Gasteiger partial charge in [0.2, 0.25) is 0 Å². The van der Waals surface area contributed by atoms with Crippen molar-refractivity contribution in [1.82, 2.24) is 5.32 Å². The van der Waals surface area contributed by atoms with Crippen molar-refractivity contribution in [2.24, 2.45) is 0 Å². The van der Waals surface area contributed by atoms with E-state index in [4.69, 9.17) is 4.74 Å². The maximum absolute atomic E-state index is 12.2. The number of carbonyl (C=O) groups excluding carboxylic acids is 2. The van der Waals surface area contributed by atoms with E-state index in [1.54, 1.807) is 24.8 Å². The Morgan fingerprint density at radius 1 is 1.15 bits per heavy atom. The van der Waals surface area contributed by atoms with Gasteiger partial charge in [-0.2, -0.15) is 0 Å². The van der Waals surface area contributed by atoms with Crippen LogP contribution in [0, 0.1) is 0 Å². The van der Waals surface area contributed by atoms with Crippen LogP contribution in [0.5, 0.6) is 0 Å². The van der Waals surface area contributed by atoms with E-state index in [1.807, 2.05) is 24.3 Å². The van der Waals surface area contributed by atoms with Crippen LogP contribution < -0.4 is 10.2 Å². The SMILES string of the molecule is C=CCNC(=O)C(C)OC(=O)CCN1c2ccccc2Sc2ccccc21. The summed E-state index contributed by atoms with van der Waals surface area (Å²) in [5.41, 5.74) is 2.15. The standard InChI is InChI=1S/C21H22N2O3S/c1-3-13-22-21(25)15(2)26-20(24)12-14-23-16-8-4-6-10-18(16)27-19-11-7-5-9-17(19)23/h3-11,15H,1,12-14H2,2H3,(H,22,25). The summed E-state index contributed by atoms with van der Waals surface area (Å²) in [6.45, 7) is 5.94. The summed E-state index contributed by atoms with van der Waals surface area (Å²) < 4.78 is 5.26. The Morgan fingerprint density at radius 3 is 2.33 bits per heavy atom. The van der Waals surface area contributed by atoms with E-state index in [9.17, 15) is 9.59 Å². The van der Waals surface area contributed by atoms with Crippen LogP contribution in [0.3, 0.4) is 0 Å². The van der Waals surface area contributed by atoms with Crippen molar-refractivity contribution in [3.8, 4) is 0 Å². The average molecular weight is 382 g/mol. The van der Waals surface area contributed by atoms with Crippen LogP contribution in [0.2, 0.25) is 0 Å². The molecule has 0 saturated heterocycles. The van der Waals surface area contributed by atoms with Gasteiger partial charge in [-0.3, -0.25) is 9.59 Å². The molecule has 1 N–H and O–H groups in total. The number of para-hydroxylation sites is 2. The van der Waals surface area contributed by atoms with Gasteiger partial charge in [0.25, 0.3) is 5.91 Å². The third kappa shape index (κ3) is 4.52. The lowest BCUT2D eigenvalue weighted by Gasteiger charge is -2.32. The second-order valence-electron chi connectivity index (χ2n) is 6.11. The number of benzene rings is 2. The maximum Gasteiger partial charge on any atom is 0.308 e. The molecule has 2 aromatic carbocycles. The molecule has 1 unspecified atom stereocenters. The quantitative estimate of drug-likeness (QED) is 0.581. The van der Waals surface area contributed by atoms with Crippen molar-refractivity contribution < 1.29 is 14.3 Å². The van der Waals surface area contributed by atoms with Gasteiger partial charge in [0.05, 0.1) is 17.8 Å². The highest BCUT2D eigenvalue weighted by Crippen LogP contribution is 2.47. The monoisotopic (exact) mass is 382 g/mol. The number of rotatable bonds is 7. The molecule has 2 aromatic rings. The Morgan fingerprint density at radius 2 is 1.74 bits per heavy atom. The number of nitrogens with zero attached hydrogens (tertiary/aromatic N) is 1. The van der Waals surface area contributed by atoms with E-state index in [2.05, 4.69) is 41.1 Å². The minimum absolute atomic E-state index is 0.187. The predicted molar refractivity (Wildman–Crippen MR) is 107 cm³/mol. The van der Waals surface area contributed by atoms with Gasteiger partial charge in [-0.05, 0) is 31.2 Å². The highest BCUT2D eigenvalue weighted by Gasteiger charge is 2.24. The van der Waals surface area contributed by atoms with Crippen molar-refractivity contribution in [2.45, 2.75) is 29.2 Å². The van der Waals surface area contributed by atoms with Crippen LogP contribution in [0.1, 0.15) is 13.3 Å². The minimum Gasteiger partial charge on any atom is -0.452 e. The molecule has 3 rings (SSSR count). The molecular weight excluding hydrogens is 360 g/mol. The summed E-state index contributed by atoms with van der Waals surface area (Å²) >= 11 is 1.72. The Hall–Kier alpha value is -2.73.